The Morgan fingerprint density at radius 3 is 3.05 bits per heavy atom. The van der Waals surface area contributed by atoms with Crippen molar-refractivity contribution < 1.29 is 19.7 Å². The molecule has 1 aromatic heterocycles. The average molecular weight is 313 g/mol. The topological polar surface area (TPSA) is 79.7 Å². The van der Waals surface area contributed by atoms with E-state index in [0.29, 0.717) is 0 Å². The van der Waals surface area contributed by atoms with Gasteiger partial charge in [0.05, 0.1) is 23.4 Å². The Kier molecular flexibility index (Phi) is 5.36. The van der Waals surface area contributed by atoms with Gasteiger partial charge in [-0.1, -0.05) is 17.8 Å². The highest BCUT2D eigenvalue weighted by Crippen LogP contribution is 2.30. The predicted octanol–water partition coefficient (Wildman–Crippen LogP) is 1.80. The molecular formula is C13H15NO4S2. The van der Waals surface area contributed by atoms with Crippen LogP contribution in [0.15, 0.2) is 22.5 Å². The van der Waals surface area contributed by atoms with Gasteiger partial charge in [0.2, 0.25) is 0 Å². The Morgan fingerprint density at radius 1 is 1.55 bits per heavy atom. The van der Waals surface area contributed by atoms with Crippen molar-refractivity contribution in [1.29, 1.82) is 0 Å². The Labute approximate surface area is 124 Å². The highest BCUT2D eigenvalue weighted by Gasteiger charge is 2.17. The van der Waals surface area contributed by atoms with Crippen molar-refractivity contribution in [2.75, 3.05) is 12.4 Å². The summed E-state index contributed by atoms with van der Waals surface area (Å²) in [5, 5.41) is 18.7. The van der Waals surface area contributed by atoms with Gasteiger partial charge >= 0.3 is 5.97 Å². The first-order valence-electron chi connectivity index (χ1n) is 6.12. The van der Waals surface area contributed by atoms with Crippen LogP contribution in [-0.2, 0) is 16.1 Å². The van der Waals surface area contributed by atoms with E-state index >= 15 is 0 Å². The number of rotatable bonds is 6. The van der Waals surface area contributed by atoms with Gasteiger partial charge in [-0.05, 0) is 24.6 Å². The van der Waals surface area contributed by atoms with Crippen LogP contribution >= 0.6 is 23.1 Å². The molecule has 0 amide bonds. The van der Waals surface area contributed by atoms with Crippen LogP contribution in [0.2, 0.25) is 0 Å². The van der Waals surface area contributed by atoms with E-state index in [2.05, 4.69) is 4.98 Å². The Bertz CT molecular complexity index is 599. The van der Waals surface area contributed by atoms with Crippen LogP contribution < -0.4 is 0 Å². The SMILES string of the molecule is CCOC(=O)C(O)CSc1nc2ccc(CO)cc2s1. The lowest BCUT2D eigenvalue weighted by Gasteiger charge is -2.07. The van der Waals surface area contributed by atoms with Crippen LogP contribution in [0.5, 0.6) is 0 Å². The number of thioether (sulfide) groups is 1. The van der Waals surface area contributed by atoms with Crippen molar-refractivity contribution in [2.24, 2.45) is 0 Å². The Morgan fingerprint density at radius 2 is 2.35 bits per heavy atom. The van der Waals surface area contributed by atoms with Crippen LogP contribution in [0.3, 0.4) is 0 Å². The van der Waals surface area contributed by atoms with Crippen molar-refractivity contribution in [3.05, 3.63) is 23.8 Å². The number of carbonyl (C=O) groups is 1. The molecule has 108 valence electrons. The van der Waals surface area contributed by atoms with Gasteiger partial charge in [-0.25, -0.2) is 9.78 Å². The van der Waals surface area contributed by atoms with Crippen molar-refractivity contribution in [2.45, 2.75) is 24.0 Å². The summed E-state index contributed by atoms with van der Waals surface area (Å²) in [5.41, 5.74) is 1.68. The number of hydrogen-bond donors (Lipinski definition) is 2. The third kappa shape index (κ3) is 3.69. The molecule has 2 N–H and O–H groups in total. The molecule has 5 nitrogen and oxygen atoms in total. The lowest BCUT2D eigenvalue weighted by Crippen LogP contribution is -2.25. The first kappa shape index (κ1) is 15.2. The molecule has 1 unspecified atom stereocenters. The number of carbonyl (C=O) groups excluding carboxylic acids is 1. The lowest BCUT2D eigenvalue weighted by atomic mass is 10.2. The molecule has 2 aromatic rings. The van der Waals surface area contributed by atoms with Gasteiger partial charge in [0.15, 0.2) is 10.4 Å². The summed E-state index contributed by atoms with van der Waals surface area (Å²) in [5.74, 6) is -0.394. The van der Waals surface area contributed by atoms with Gasteiger partial charge in [-0.15, -0.1) is 11.3 Å². The van der Waals surface area contributed by atoms with Crippen LogP contribution in [0.1, 0.15) is 12.5 Å². The summed E-state index contributed by atoms with van der Waals surface area (Å²) in [6, 6.07) is 5.56. The normalized spacial score (nSPS) is 12.6. The van der Waals surface area contributed by atoms with E-state index in [1.165, 1.54) is 23.1 Å². The maximum absolute atomic E-state index is 11.3. The van der Waals surface area contributed by atoms with Gasteiger partial charge in [0, 0.05) is 5.75 Å². The van der Waals surface area contributed by atoms with E-state index in [1.807, 2.05) is 18.2 Å². The number of hydrogen-bond acceptors (Lipinski definition) is 7. The highest BCUT2D eigenvalue weighted by atomic mass is 32.2. The molecule has 0 radical (unpaired) electrons. The van der Waals surface area contributed by atoms with Crippen LogP contribution in [0, 0.1) is 0 Å². The van der Waals surface area contributed by atoms with E-state index in [-0.39, 0.29) is 19.0 Å². The van der Waals surface area contributed by atoms with Crippen LogP contribution in [0.25, 0.3) is 10.2 Å². The monoisotopic (exact) mass is 313 g/mol. The van der Waals surface area contributed by atoms with E-state index in [0.717, 1.165) is 20.1 Å². The number of benzene rings is 1. The fraction of sp³-hybridized carbons (Fsp3) is 0.385. The summed E-state index contributed by atoms with van der Waals surface area (Å²) < 4.78 is 6.49. The number of fused-ring (bicyclic) bond motifs is 1. The quantitative estimate of drug-likeness (QED) is 0.625. The third-order valence-corrected chi connectivity index (χ3v) is 4.78. The molecule has 0 aliphatic heterocycles. The number of nitrogens with zero attached hydrogens (tertiary/aromatic N) is 1. The summed E-state index contributed by atoms with van der Waals surface area (Å²) >= 11 is 2.79. The molecule has 0 spiro atoms. The van der Waals surface area contributed by atoms with E-state index in [1.54, 1.807) is 6.92 Å². The highest BCUT2D eigenvalue weighted by molar-refractivity contribution is 8.01. The first-order chi connectivity index (χ1) is 9.63. The summed E-state index contributed by atoms with van der Waals surface area (Å²) in [6.07, 6.45) is -1.14. The largest absolute Gasteiger partial charge is 0.464 e. The van der Waals surface area contributed by atoms with Gasteiger partial charge in [0.1, 0.15) is 0 Å². The zero-order chi connectivity index (χ0) is 14.5. The minimum Gasteiger partial charge on any atom is -0.464 e. The number of aliphatic hydroxyl groups excluding tert-OH is 2. The summed E-state index contributed by atoms with van der Waals surface area (Å²) in [7, 11) is 0. The summed E-state index contributed by atoms with van der Waals surface area (Å²) in [6.45, 7) is 1.95. The average Bonchev–Trinajstić information content (AvgIpc) is 2.86. The second-order valence-corrected chi connectivity index (χ2v) is 6.32. The minimum absolute atomic E-state index is 0.00209. The zero-order valence-electron chi connectivity index (χ0n) is 10.9. The van der Waals surface area contributed by atoms with Gasteiger partial charge in [-0.2, -0.15) is 0 Å². The molecule has 0 saturated carbocycles. The maximum atomic E-state index is 11.3. The molecule has 1 heterocycles. The second kappa shape index (κ2) is 7.03. The molecule has 0 saturated heterocycles. The molecule has 1 aromatic carbocycles. The Balaban J connectivity index is 2.01. The molecule has 0 aliphatic rings. The number of esters is 1. The van der Waals surface area contributed by atoms with E-state index < -0.39 is 12.1 Å². The number of aromatic nitrogens is 1. The molecule has 0 aliphatic carbocycles. The molecule has 2 rings (SSSR count). The van der Waals surface area contributed by atoms with Gasteiger partial charge < -0.3 is 14.9 Å². The van der Waals surface area contributed by atoms with Crippen molar-refractivity contribution >= 4 is 39.3 Å². The van der Waals surface area contributed by atoms with Crippen molar-refractivity contribution in [3.8, 4) is 0 Å². The molecule has 0 bridgehead atoms. The van der Waals surface area contributed by atoms with Gasteiger partial charge in [0.25, 0.3) is 0 Å². The smallest absolute Gasteiger partial charge is 0.335 e. The molecule has 1 atom stereocenters. The second-order valence-electron chi connectivity index (χ2n) is 4.02. The van der Waals surface area contributed by atoms with E-state index in [4.69, 9.17) is 9.84 Å². The molecule has 7 heteroatoms. The van der Waals surface area contributed by atoms with Crippen LogP contribution in [-0.4, -0.2) is 39.6 Å². The van der Waals surface area contributed by atoms with Gasteiger partial charge in [-0.3, -0.25) is 0 Å². The minimum atomic E-state index is -1.14. The standard InChI is InChI=1S/C13H15NO4S2/c1-2-18-12(17)10(16)7-19-13-14-9-4-3-8(6-15)5-11(9)20-13/h3-5,10,15-16H,2,6-7H2,1H3. The number of aliphatic hydroxyl groups is 2. The molecule has 20 heavy (non-hydrogen) atoms. The maximum Gasteiger partial charge on any atom is 0.335 e. The fourth-order valence-corrected chi connectivity index (χ4v) is 3.63. The molecular weight excluding hydrogens is 298 g/mol. The third-order valence-electron chi connectivity index (χ3n) is 2.54. The van der Waals surface area contributed by atoms with Crippen molar-refractivity contribution in [1.82, 2.24) is 4.98 Å². The predicted molar refractivity (Wildman–Crippen MR) is 78.9 cm³/mol. The lowest BCUT2D eigenvalue weighted by molar-refractivity contribution is -0.151. The molecule has 0 fully saturated rings. The number of thiazole rings is 1. The van der Waals surface area contributed by atoms with Crippen LogP contribution in [0.4, 0.5) is 0 Å². The zero-order valence-corrected chi connectivity index (χ0v) is 12.5. The van der Waals surface area contributed by atoms with Crippen molar-refractivity contribution in [3.63, 3.8) is 0 Å². The first-order valence-corrected chi connectivity index (χ1v) is 7.92. The summed E-state index contributed by atoms with van der Waals surface area (Å²) in [4.78, 5) is 15.7. The number of ether oxygens (including phenoxy) is 1. The fourth-order valence-electron chi connectivity index (χ4n) is 1.56. The Hall–Kier alpha value is -1.15. The van der Waals surface area contributed by atoms with E-state index in [9.17, 15) is 9.90 Å².